The van der Waals surface area contributed by atoms with Gasteiger partial charge >= 0.3 is 6.03 Å². The summed E-state index contributed by atoms with van der Waals surface area (Å²) in [7, 11) is 0. The highest BCUT2D eigenvalue weighted by atomic mass is 16.5. The lowest BCUT2D eigenvalue weighted by molar-refractivity contribution is -0.124. The van der Waals surface area contributed by atoms with Gasteiger partial charge in [0.15, 0.2) is 0 Å². The average molecular weight is 446 g/mol. The Hall–Kier alpha value is -2.35. The Kier molecular flexibility index (Phi) is 9.59. The third kappa shape index (κ3) is 7.65. The molecule has 32 heavy (non-hydrogen) atoms. The lowest BCUT2D eigenvalue weighted by Crippen LogP contribution is -2.56. The fourth-order valence-corrected chi connectivity index (χ4v) is 4.43. The van der Waals surface area contributed by atoms with Crippen LogP contribution in [-0.4, -0.2) is 66.8 Å². The zero-order valence-corrected chi connectivity index (χ0v) is 19.5. The first-order valence-corrected chi connectivity index (χ1v) is 12.1. The molecule has 3 rings (SSSR count). The van der Waals surface area contributed by atoms with Gasteiger partial charge in [-0.3, -0.25) is 9.78 Å². The number of aromatic nitrogens is 1. The largest absolute Gasteiger partial charge is 0.382 e. The number of nitrogens with one attached hydrogen (secondary N) is 3. The van der Waals surface area contributed by atoms with Crippen molar-refractivity contribution in [3.63, 3.8) is 0 Å². The summed E-state index contributed by atoms with van der Waals surface area (Å²) >= 11 is 0. The van der Waals surface area contributed by atoms with Gasteiger partial charge < -0.3 is 25.6 Å². The van der Waals surface area contributed by atoms with Gasteiger partial charge in [-0.05, 0) is 30.4 Å². The Morgan fingerprint density at radius 3 is 2.56 bits per heavy atom. The Morgan fingerprint density at radius 2 is 1.91 bits per heavy atom. The molecule has 0 bridgehead atoms. The number of morpholine rings is 1. The molecular formula is C24H39N5O3. The highest BCUT2D eigenvalue weighted by Gasteiger charge is 2.30. The summed E-state index contributed by atoms with van der Waals surface area (Å²) in [4.78, 5) is 32.1. The maximum atomic E-state index is 13.4. The number of ether oxygens (including phenoxy) is 1. The fourth-order valence-electron chi connectivity index (χ4n) is 4.43. The SMILES string of the molecule is CC(C)[C@@H](CNc1cccnc1)NC(=O)[C@H](CC1CCCCC1)NC(=O)N1CCOCC1. The third-order valence-electron chi connectivity index (χ3n) is 6.53. The minimum atomic E-state index is -0.520. The lowest BCUT2D eigenvalue weighted by Gasteiger charge is -2.32. The molecule has 1 saturated heterocycles. The topological polar surface area (TPSA) is 95.6 Å². The monoisotopic (exact) mass is 445 g/mol. The summed E-state index contributed by atoms with van der Waals surface area (Å²) < 4.78 is 5.35. The van der Waals surface area contributed by atoms with Crippen LogP contribution < -0.4 is 16.0 Å². The third-order valence-corrected chi connectivity index (χ3v) is 6.53. The molecule has 1 aliphatic heterocycles. The molecule has 0 unspecified atom stereocenters. The van der Waals surface area contributed by atoms with Gasteiger partial charge in [-0.2, -0.15) is 0 Å². The summed E-state index contributed by atoms with van der Waals surface area (Å²) in [5.41, 5.74) is 0.923. The summed E-state index contributed by atoms with van der Waals surface area (Å²) in [6, 6.07) is 3.09. The van der Waals surface area contributed by atoms with Crippen molar-refractivity contribution in [3.8, 4) is 0 Å². The number of carbonyl (C=O) groups excluding carboxylic acids is 2. The first kappa shape index (κ1) is 24.3. The molecule has 0 spiro atoms. The Balaban J connectivity index is 1.62. The molecule has 1 aromatic heterocycles. The molecule has 178 valence electrons. The first-order valence-electron chi connectivity index (χ1n) is 12.1. The minimum absolute atomic E-state index is 0.0585. The second kappa shape index (κ2) is 12.6. The first-order chi connectivity index (χ1) is 15.5. The van der Waals surface area contributed by atoms with Crippen LogP contribution in [0.15, 0.2) is 24.5 Å². The van der Waals surface area contributed by atoms with Crippen molar-refractivity contribution >= 4 is 17.6 Å². The highest BCUT2D eigenvalue weighted by Crippen LogP contribution is 2.27. The van der Waals surface area contributed by atoms with Crippen molar-refractivity contribution in [2.24, 2.45) is 11.8 Å². The van der Waals surface area contributed by atoms with E-state index >= 15 is 0 Å². The van der Waals surface area contributed by atoms with Gasteiger partial charge in [0.1, 0.15) is 6.04 Å². The zero-order chi connectivity index (χ0) is 22.8. The summed E-state index contributed by atoms with van der Waals surface area (Å²) in [5, 5.41) is 9.60. The van der Waals surface area contributed by atoms with Gasteiger partial charge in [-0.25, -0.2) is 4.79 Å². The Morgan fingerprint density at radius 1 is 1.16 bits per heavy atom. The van der Waals surface area contributed by atoms with Crippen LogP contribution in [0.25, 0.3) is 0 Å². The van der Waals surface area contributed by atoms with E-state index in [0.29, 0.717) is 45.2 Å². The van der Waals surface area contributed by atoms with E-state index in [4.69, 9.17) is 4.74 Å². The van der Waals surface area contributed by atoms with Crippen molar-refractivity contribution in [1.82, 2.24) is 20.5 Å². The summed E-state index contributed by atoms with van der Waals surface area (Å²) in [6.45, 7) is 7.00. The smallest absolute Gasteiger partial charge is 0.318 e. The van der Waals surface area contributed by atoms with Crippen LogP contribution in [0.5, 0.6) is 0 Å². The van der Waals surface area contributed by atoms with Crippen LogP contribution in [0.2, 0.25) is 0 Å². The molecule has 0 aromatic carbocycles. The van der Waals surface area contributed by atoms with Crippen LogP contribution in [0.1, 0.15) is 52.4 Å². The van der Waals surface area contributed by atoms with Crippen molar-refractivity contribution in [2.45, 2.75) is 64.5 Å². The van der Waals surface area contributed by atoms with Crippen molar-refractivity contribution in [2.75, 3.05) is 38.2 Å². The molecule has 3 N–H and O–H groups in total. The molecule has 3 amide bonds. The van der Waals surface area contributed by atoms with Crippen molar-refractivity contribution < 1.29 is 14.3 Å². The molecule has 2 atom stereocenters. The van der Waals surface area contributed by atoms with E-state index in [2.05, 4.69) is 34.8 Å². The van der Waals surface area contributed by atoms with E-state index < -0.39 is 6.04 Å². The number of carbonyl (C=O) groups is 2. The molecule has 1 aliphatic carbocycles. The molecule has 0 radical (unpaired) electrons. The molecule has 1 aromatic rings. The van der Waals surface area contributed by atoms with Crippen LogP contribution in [0.4, 0.5) is 10.5 Å². The quantitative estimate of drug-likeness (QED) is 0.543. The number of hydrogen-bond acceptors (Lipinski definition) is 5. The van der Waals surface area contributed by atoms with E-state index in [0.717, 1.165) is 18.5 Å². The maximum absolute atomic E-state index is 13.4. The number of amides is 3. The second-order valence-electron chi connectivity index (χ2n) is 9.32. The Labute approximate surface area is 191 Å². The van der Waals surface area contributed by atoms with Gasteiger partial charge in [0.05, 0.1) is 18.9 Å². The number of urea groups is 1. The fraction of sp³-hybridized carbons (Fsp3) is 0.708. The highest BCUT2D eigenvalue weighted by molar-refractivity contribution is 5.87. The second-order valence-corrected chi connectivity index (χ2v) is 9.32. The lowest BCUT2D eigenvalue weighted by atomic mass is 9.84. The van der Waals surface area contributed by atoms with Crippen LogP contribution >= 0.6 is 0 Å². The average Bonchev–Trinajstić information content (AvgIpc) is 2.82. The van der Waals surface area contributed by atoms with Crippen molar-refractivity contribution in [1.29, 1.82) is 0 Å². The normalized spacial score (nSPS) is 19.3. The van der Waals surface area contributed by atoms with Crippen LogP contribution in [0.3, 0.4) is 0 Å². The van der Waals surface area contributed by atoms with E-state index in [1.165, 1.54) is 19.3 Å². The molecular weight excluding hydrogens is 406 g/mol. The number of hydrogen-bond donors (Lipinski definition) is 3. The van der Waals surface area contributed by atoms with E-state index in [9.17, 15) is 9.59 Å². The Bertz CT molecular complexity index is 703. The van der Waals surface area contributed by atoms with Crippen LogP contribution in [-0.2, 0) is 9.53 Å². The molecule has 2 heterocycles. The van der Waals surface area contributed by atoms with Crippen LogP contribution in [0, 0.1) is 11.8 Å². The van der Waals surface area contributed by atoms with E-state index in [-0.39, 0.29) is 23.9 Å². The summed E-state index contributed by atoms with van der Waals surface area (Å²) in [6.07, 6.45) is 10.2. The van der Waals surface area contributed by atoms with E-state index in [1.807, 2.05) is 12.1 Å². The van der Waals surface area contributed by atoms with Gasteiger partial charge in [0, 0.05) is 38.1 Å². The van der Waals surface area contributed by atoms with Gasteiger partial charge in [0.25, 0.3) is 0 Å². The predicted molar refractivity (Wildman–Crippen MR) is 125 cm³/mol. The van der Waals surface area contributed by atoms with E-state index in [1.54, 1.807) is 17.3 Å². The molecule has 8 nitrogen and oxygen atoms in total. The minimum Gasteiger partial charge on any atom is -0.382 e. The standard InChI is InChI=1S/C24H39N5O3/c1-18(2)22(17-26-20-9-6-10-25-16-20)27-23(30)21(15-19-7-4-3-5-8-19)28-24(31)29-11-13-32-14-12-29/h6,9-10,16,18-19,21-22,26H,3-5,7-8,11-15,17H2,1-2H3,(H,27,30)(H,28,31)/t21-,22+/m0/s1. The zero-order valence-electron chi connectivity index (χ0n) is 19.5. The van der Waals surface area contributed by atoms with Gasteiger partial charge in [-0.1, -0.05) is 46.0 Å². The number of pyridine rings is 1. The number of rotatable bonds is 9. The summed E-state index contributed by atoms with van der Waals surface area (Å²) in [5.74, 6) is 0.632. The molecule has 1 saturated carbocycles. The van der Waals surface area contributed by atoms with Gasteiger partial charge in [0.2, 0.25) is 5.91 Å². The predicted octanol–water partition coefficient (Wildman–Crippen LogP) is 3.02. The molecule has 8 heteroatoms. The van der Waals surface area contributed by atoms with Gasteiger partial charge in [-0.15, -0.1) is 0 Å². The number of anilines is 1. The maximum Gasteiger partial charge on any atom is 0.318 e. The molecule has 2 aliphatic rings. The van der Waals surface area contributed by atoms with Crippen molar-refractivity contribution in [3.05, 3.63) is 24.5 Å². The molecule has 2 fully saturated rings. The number of nitrogens with zero attached hydrogens (tertiary/aromatic N) is 2.